The summed E-state index contributed by atoms with van der Waals surface area (Å²) >= 11 is 0. The molecule has 1 unspecified atom stereocenters. The fraction of sp³-hybridized carbons (Fsp3) is 0.476. The summed E-state index contributed by atoms with van der Waals surface area (Å²) in [7, 11) is 0. The number of nitrogens with one attached hydrogen (secondary N) is 1. The lowest BCUT2D eigenvalue weighted by molar-refractivity contribution is -0.137. The van der Waals surface area contributed by atoms with Gasteiger partial charge in [-0.15, -0.1) is 0 Å². The molecular weight excluding hydrogens is 326 g/mol. The molecule has 26 heavy (non-hydrogen) atoms. The molecular formula is C21H23N3O2. The smallest absolute Gasteiger partial charge is 0.241 e. The van der Waals surface area contributed by atoms with Crippen LogP contribution in [-0.2, 0) is 16.0 Å². The van der Waals surface area contributed by atoms with E-state index < -0.39 is 6.04 Å². The zero-order valence-corrected chi connectivity index (χ0v) is 14.8. The maximum Gasteiger partial charge on any atom is 0.241 e. The maximum atomic E-state index is 12.9. The van der Waals surface area contributed by atoms with Gasteiger partial charge in [0.1, 0.15) is 11.8 Å². The third-order valence-corrected chi connectivity index (χ3v) is 5.82. The zero-order chi connectivity index (χ0) is 18.1. The van der Waals surface area contributed by atoms with Crippen LogP contribution in [0, 0.1) is 17.2 Å². The van der Waals surface area contributed by atoms with E-state index in [1.165, 1.54) is 11.1 Å². The van der Waals surface area contributed by atoms with Crippen molar-refractivity contribution >= 4 is 17.8 Å². The molecule has 1 N–H and O–H groups in total. The van der Waals surface area contributed by atoms with Crippen LogP contribution >= 0.6 is 0 Å². The number of fused-ring (bicyclic) bond motifs is 1. The van der Waals surface area contributed by atoms with Crippen LogP contribution in [-0.4, -0.2) is 41.8 Å². The summed E-state index contributed by atoms with van der Waals surface area (Å²) in [6.45, 7) is 1.30. The summed E-state index contributed by atoms with van der Waals surface area (Å²) in [5, 5.41) is 12.5. The van der Waals surface area contributed by atoms with E-state index >= 15 is 0 Å². The summed E-state index contributed by atoms with van der Waals surface area (Å²) in [6, 6.07) is 9.61. The number of Topliss-reactive ketones (excluding diaryl/α,β-unsaturated/α-hetero) is 1. The summed E-state index contributed by atoms with van der Waals surface area (Å²) < 4.78 is 0. The van der Waals surface area contributed by atoms with Gasteiger partial charge in [-0.2, -0.15) is 5.26 Å². The molecule has 2 aliphatic heterocycles. The molecule has 1 aromatic rings. The number of carbonyl (C=O) groups is 2. The van der Waals surface area contributed by atoms with Gasteiger partial charge in [-0.25, -0.2) is 0 Å². The number of rotatable bonds is 4. The minimum Gasteiger partial charge on any atom is -0.325 e. The molecule has 1 aliphatic carbocycles. The lowest BCUT2D eigenvalue weighted by atomic mass is 9.90. The Hall–Kier alpha value is -2.45. The molecule has 3 atom stereocenters. The van der Waals surface area contributed by atoms with Crippen LogP contribution in [0.5, 0.6) is 0 Å². The van der Waals surface area contributed by atoms with Gasteiger partial charge in [0.05, 0.1) is 12.1 Å². The number of nitriles is 1. The van der Waals surface area contributed by atoms with Crippen molar-refractivity contribution in [2.24, 2.45) is 5.92 Å². The summed E-state index contributed by atoms with van der Waals surface area (Å²) in [5.41, 5.74) is 3.59. The van der Waals surface area contributed by atoms with Crippen molar-refractivity contribution in [1.29, 1.82) is 5.26 Å². The first kappa shape index (κ1) is 17.0. The molecule has 5 heteroatoms. The Bertz CT molecular complexity index is 808. The van der Waals surface area contributed by atoms with Crippen LogP contribution < -0.4 is 5.32 Å². The number of carbonyl (C=O) groups excluding carboxylic acids is 2. The van der Waals surface area contributed by atoms with E-state index in [1.54, 1.807) is 4.90 Å². The van der Waals surface area contributed by atoms with Crippen molar-refractivity contribution in [3.63, 3.8) is 0 Å². The standard InChI is InChI=1S/C21H23N3O2/c22-13-17-6-3-9-24(17)21(26)20-18(7-8-23-20)19(25)12-14-10-15-4-1-2-5-16(15)11-14/h1-2,4-5,10,17-18,20,23H,3,6-9,11-12H2/t17-,18?,20+/m0/s1. The van der Waals surface area contributed by atoms with Gasteiger partial charge in [-0.1, -0.05) is 35.9 Å². The lowest BCUT2D eigenvalue weighted by Crippen LogP contribution is -2.49. The lowest BCUT2D eigenvalue weighted by Gasteiger charge is -2.26. The summed E-state index contributed by atoms with van der Waals surface area (Å²) in [4.78, 5) is 27.5. The molecule has 2 fully saturated rings. The first-order valence-corrected chi connectivity index (χ1v) is 9.41. The topological polar surface area (TPSA) is 73.2 Å². The largest absolute Gasteiger partial charge is 0.325 e. The SMILES string of the molecule is N#C[C@@H]1CCCN1C(=O)[C@@H]1NCCC1C(=O)CC1=Cc2ccccc2C1. The van der Waals surface area contributed by atoms with Crippen LogP contribution in [0.15, 0.2) is 29.8 Å². The molecule has 0 aromatic heterocycles. The van der Waals surface area contributed by atoms with Crippen LogP contribution in [0.25, 0.3) is 6.08 Å². The van der Waals surface area contributed by atoms with Gasteiger partial charge in [0.25, 0.3) is 0 Å². The number of allylic oxidation sites excluding steroid dienone is 1. The molecule has 0 spiro atoms. The van der Waals surface area contributed by atoms with Crippen LogP contribution in [0.4, 0.5) is 0 Å². The highest BCUT2D eigenvalue weighted by Gasteiger charge is 2.42. The second kappa shape index (κ2) is 7.05. The third kappa shape index (κ3) is 3.06. The Morgan fingerprint density at radius 2 is 2.12 bits per heavy atom. The number of amides is 1. The predicted octanol–water partition coefficient (Wildman–Crippen LogP) is 2.08. The average molecular weight is 349 g/mol. The van der Waals surface area contributed by atoms with E-state index in [0.717, 1.165) is 24.8 Å². The monoisotopic (exact) mass is 349 g/mol. The Balaban J connectivity index is 1.43. The van der Waals surface area contributed by atoms with E-state index in [-0.39, 0.29) is 23.7 Å². The first-order valence-electron chi connectivity index (χ1n) is 9.41. The quantitative estimate of drug-likeness (QED) is 0.903. The van der Waals surface area contributed by atoms with Crippen molar-refractivity contribution in [1.82, 2.24) is 10.2 Å². The Labute approximate surface area is 153 Å². The molecule has 0 radical (unpaired) electrons. The highest BCUT2D eigenvalue weighted by atomic mass is 16.2. The van der Waals surface area contributed by atoms with Crippen molar-refractivity contribution in [3.8, 4) is 6.07 Å². The minimum atomic E-state index is -0.471. The number of ketones is 1. The van der Waals surface area contributed by atoms with Crippen molar-refractivity contribution in [3.05, 3.63) is 41.0 Å². The van der Waals surface area contributed by atoms with Crippen LogP contribution in [0.3, 0.4) is 0 Å². The summed E-state index contributed by atoms with van der Waals surface area (Å²) in [6.07, 6.45) is 5.63. The van der Waals surface area contributed by atoms with Gasteiger partial charge >= 0.3 is 0 Å². The average Bonchev–Trinajstić information content (AvgIpc) is 3.38. The Morgan fingerprint density at radius 3 is 2.92 bits per heavy atom. The molecule has 1 aromatic carbocycles. The predicted molar refractivity (Wildman–Crippen MR) is 98.0 cm³/mol. The van der Waals surface area contributed by atoms with Gasteiger partial charge in [0.2, 0.25) is 5.91 Å². The Kier molecular flexibility index (Phi) is 4.60. The number of likely N-dealkylation sites (tertiary alicyclic amines) is 1. The molecule has 5 nitrogen and oxygen atoms in total. The van der Waals surface area contributed by atoms with E-state index in [2.05, 4.69) is 29.6 Å². The van der Waals surface area contributed by atoms with Gasteiger partial charge in [0, 0.05) is 18.9 Å². The first-order chi connectivity index (χ1) is 12.7. The highest BCUT2D eigenvalue weighted by molar-refractivity contribution is 5.93. The molecule has 0 saturated carbocycles. The van der Waals surface area contributed by atoms with Crippen molar-refractivity contribution in [2.45, 2.75) is 44.2 Å². The molecule has 4 rings (SSSR count). The van der Waals surface area contributed by atoms with Gasteiger partial charge in [-0.3, -0.25) is 9.59 Å². The van der Waals surface area contributed by atoms with Gasteiger partial charge in [-0.05, 0) is 43.4 Å². The highest BCUT2D eigenvalue weighted by Crippen LogP contribution is 2.30. The molecule has 134 valence electrons. The molecule has 1 amide bonds. The van der Waals surface area contributed by atoms with Crippen molar-refractivity contribution in [2.75, 3.05) is 13.1 Å². The van der Waals surface area contributed by atoms with Gasteiger partial charge < -0.3 is 10.2 Å². The fourth-order valence-electron chi connectivity index (χ4n) is 4.47. The van der Waals surface area contributed by atoms with E-state index in [1.807, 2.05) is 12.1 Å². The van der Waals surface area contributed by atoms with E-state index in [4.69, 9.17) is 0 Å². The number of hydrogen-bond acceptors (Lipinski definition) is 4. The number of nitrogens with zero attached hydrogens (tertiary/aromatic N) is 2. The Morgan fingerprint density at radius 1 is 1.27 bits per heavy atom. The second-order valence-electron chi connectivity index (χ2n) is 7.47. The molecule has 0 bridgehead atoms. The van der Waals surface area contributed by atoms with E-state index in [0.29, 0.717) is 25.9 Å². The fourth-order valence-corrected chi connectivity index (χ4v) is 4.47. The zero-order valence-electron chi connectivity index (χ0n) is 14.8. The molecule has 2 saturated heterocycles. The molecule has 3 aliphatic rings. The van der Waals surface area contributed by atoms with Crippen molar-refractivity contribution < 1.29 is 9.59 Å². The molecule has 2 heterocycles. The number of hydrogen-bond donors (Lipinski definition) is 1. The third-order valence-electron chi connectivity index (χ3n) is 5.82. The number of benzene rings is 1. The second-order valence-corrected chi connectivity index (χ2v) is 7.47. The normalized spacial score (nSPS) is 27.1. The van der Waals surface area contributed by atoms with Crippen LogP contribution in [0.2, 0.25) is 0 Å². The van der Waals surface area contributed by atoms with Crippen LogP contribution in [0.1, 0.15) is 36.8 Å². The van der Waals surface area contributed by atoms with Gasteiger partial charge in [0.15, 0.2) is 0 Å². The maximum absolute atomic E-state index is 12.9. The minimum absolute atomic E-state index is 0.0754. The van der Waals surface area contributed by atoms with E-state index in [9.17, 15) is 14.9 Å². The summed E-state index contributed by atoms with van der Waals surface area (Å²) in [5.74, 6) is -0.222.